The van der Waals surface area contributed by atoms with Gasteiger partial charge in [-0.1, -0.05) is 18.2 Å². The van der Waals surface area contributed by atoms with Crippen molar-refractivity contribution in [3.05, 3.63) is 58.8 Å². The minimum Gasteiger partial charge on any atom is -0.296 e. The Balaban J connectivity index is 2.28. The van der Waals surface area contributed by atoms with Crippen molar-refractivity contribution < 1.29 is 9.00 Å². The summed E-state index contributed by atoms with van der Waals surface area (Å²) in [4.78, 5) is 16.1. The van der Waals surface area contributed by atoms with Gasteiger partial charge in [-0.15, -0.1) is 0 Å². The highest BCUT2D eigenvalue weighted by Gasteiger charge is 2.17. The highest BCUT2D eigenvalue weighted by atomic mass is 79.9. The highest BCUT2D eigenvalue weighted by molar-refractivity contribution is 9.10. The van der Waals surface area contributed by atoms with Gasteiger partial charge in [0.2, 0.25) is 0 Å². The van der Waals surface area contributed by atoms with E-state index in [2.05, 4.69) is 20.9 Å². The number of benzene rings is 1. The second kappa shape index (κ2) is 5.30. The van der Waals surface area contributed by atoms with Gasteiger partial charge < -0.3 is 0 Å². The number of fused-ring (bicyclic) bond motifs is 1. The first-order valence-electron chi connectivity index (χ1n) is 5.81. The van der Waals surface area contributed by atoms with Crippen molar-refractivity contribution in [1.29, 1.82) is 0 Å². The maximum absolute atomic E-state index is 12.7. The number of halogens is 1. The van der Waals surface area contributed by atoms with Gasteiger partial charge in [-0.25, -0.2) is 13.2 Å². The summed E-state index contributed by atoms with van der Waals surface area (Å²) in [5, 5.41) is 0.763. The summed E-state index contributed by atoms with van der Waals surface area (Å²) in [5.74, 6) is 0. The van der Waals surface area contributed by atoms with Crippen LogP contribution in [-0.2, 0) is 11.0 Å². The van der Waals surface area contributed by atoms with E-state index in [9.17, 15) is 9.00 Å². The first-order chi connectivity index (χ1) is 9.72. The first-order valence-corrected chi connectivity index (χ1v) is 7.71. The Morgan fingerprint density at radius 1 is 1.20 bits per heavy atom. The molecule has 2 heterocycles. The number of aromatic nitrogens is 2. The van der Waals surface area contributed by atoms with Gasteiger partial charge in [-0.3, -0.25) is 4.79 Å². The van der Waals surface area contributed by atoms with E-state index >= 15 is 0 Å². The smallest absolute Gasteiger partial charge is 0.167 e. The van der Waals surface area contributed by atoms with Crippen molar-refractivity contribution >= 4 is 44.2 Å². The fourth-order valence-corrected chi connectivity index (χ4v) is 3.56. The topological polar surface area (TPSA) is 52.0 Å². The summed E-state index contributed by atoms with van der Waals surface area (Å²) in [6, 6.07) is 12.5. The maximum Gasteiger partial charge on any atom is 0.167 e. The predicted molar refractivity (Wildman–Crippen MR) is 81.1 cm³/mol. The largest absolute Gasteiger partial charge is 0.296 e. The Bertz CT molecular complexity index is 815. The number of nitrogens with zero attached hydrogens (tertiary/aromatic N) is 2. The minimum atomic E-state index is -1.51. The van der Waals surface area contributed by atoms with Gasteiger partial charge in [0.15, 0.2) is 22.9 Å². The Morgan fingerprint density at radius 2 is 1.95 bits per heavy atom. The Labute approximate surface area is 126 Å². The molecule has 4 nitrogen and oxygen atoms in total. The van der Waals surface area contributed by atoms with Crippen LogP contribution in [0, 0.1) is 0 Å². The van der Waals surface area contributed by atoms with E-state index in [1.807, 2.05) is 18.2 Å². The quantitative estimate of drug-likeness (QED) is 0.683. The van der Waals surface area contributed by atoms with E-state index in [0.29, 0.717) is 22.5 Å². The van der Waals surface area contributed by atoms with Crippen molar-refractivity contribution in [2.45, 2.75) is 4.90 Å². The predicted octanol–water partition coefficient (Wildman–Crippen LogP) is 3.18. The molecule has 1 unspecified atom stereocenters. The molecule has 0 bridgehead atoms. The molecule has 0 spiro atoms. The fourth-order valence-electron chi connectivity index (χ4n) is 1.96. The molecule has 0 fully saturated rings. The van der Waals surface area contributed by atoms with Crippen LogP contribution in [0.1, 0.15) is 10.5 Å². The number of aldehydes is 1. The van der Waals surface area contributed by atoms with Gasteiger partial charge in [-0.05, 0) is 40.2 Å². The van der Waals surface area contributed by atoms with Gasteiger partial charge in [-0.2, -0.15) is 0 Å². The zero-order chi connectivity index (χ0) is 14.1. The molecule has 1 aromatic carbocycles. The summed E-state index contributed by atoms with van der Waals surface area (Å²) < 4.78 is 14.9. The fraction of sp³-hybridized carbons (Fsp3) is 0. The zero-order valence-corrected chi connectivity index (χ0v) is 12.6. The summed E-state index contributed by atoms with van der Waals surface area (Å²) in [7, 11) is -1.51. The van der Waals surface area contributed by atoms with Gasteiger partial charge >= 0.3 is 0 Å². The molecule has 0 aliphatic carbocycles. The van der Waals surface area contributed by atoms with Crippen LogP contribution < -0.4 is 0 Å². The molecule has 20 heavy (non-hydrogen) atoms. The molecule has 1 atom stereocenters. The lowest BCUT2D eigenvalue weighted by atomic mass is 10.3. The van der Waals surface area contributed by atoms with E-state index in [1.165, 1.54) is 3.97 Å². The molecular formula is C14H9BrN2O2S. The molecule has 6 heteroatoms. The van der Waals surface area contributed by atoms with Crippen LogP contribution in [-0.4, -0.2) is 19.5 Å². The Morgan fingerprint density at radius 3 is 2.65 bits per heavy atom. The Hall–Kier alpha value is -1.79. The van der Waals surface area contributed by atoms with Crippen molar-refractivity contribution in [3.8, 4) is 0 Å². The number of pyridine rings is 1. The average molecular weight is 349 g/mol. The van der Waals surface area contributed by atoms with E-state index < -0.39 is 11.0 Å². The molecular weight excluding hydrogens is 340 g/mol. The van der Waals surface area contributed by atoms with E-state index in [4.69, 9.17) is 0 Å². The minimum absolute atomic E-state index is 0.335. The molecule has 100 valence electrons. The molecule has 0 amide bonds. The van der Waals surface area contributed by atoms with Gasteiger partial charge in [0.05, 0.1) is 10.6 Å². The molecule has 0 saturated carbocycles. The molecule has 0 radical (unpaired) electrons. The summed E-state index contributed by atoms with van der Waals surface area (Å²) in [6.45, 7) is 0. The highest BCUT2D eigenvalue weighted by Crippen LogP contribution is 2.27. The van der Waals surface area contributed by atoms with Crippen LogP contribution in [0.15, 0.2) is 58.0 Å². The van der Waals surface area contributed by atoms with Gasteiger partial charge in [0, 0.05) is 16.1 Å². The molecule has 0 N–H and O–H groups in total. The third-order valence-electron chi connectivity index (χ3n) is 2.87. The molecule has 0 aliphatic rings. The number of rotatable bonds is 3. The van der Waals surface area contributed by atoms with E-state index in [-0.39, 0.29) is 0 Å². The third-order valence-corrected chi connectivity index (χ3v) is 4.95. The lowest BCUT2D eigenvalue weighted by molar-refractivity contribution is 0.111. The van der Waals surface area contributed by atoms with Crippen LogP contribution in [0.4, 0.5) is 0 Å². The normalized spacial score (nSPS) is 12.4. The Kier molecular flexibility index (Phi) is 3.50. The lowest BCUT2D eigenvalue weighted by Crippen LogP contribution is -2.08. The second-order valence-corrected chi connectivity index (χ2v) is 6.26. The SMILES string of the molecule is O=Cc1cc2c(Br)ccnc2n1S(=O)c1ccccc1. The van der Waals surface area contributed by atoms with E-state index in [0.717, 1.165) is 9.86 Å². The zero-order valence-electron chi connectivity index (χ0n) is 10.2. The van der Waals surface area contributed by atoms with Gasteiger partial charge in [0.25, 0.3) is 0 Å². The van der Waals surface area contributed by atoms with Crippen LogP contribution in [0.25, 0.3) is 11.0 Å². The standard InChI is InChI=1S/C14H9BrN2O2S/c15-13-6-7-16-14-12(13)8-10(9-18)17(14)20(19)11-4-2-1-3-5-11/h1-9H. The number of hydrogen-bond acceptors (Lipinski definition) is 3. The lowest BCUT2D eigenvalue weighted by Gasteiger charge is -2.06. The number of hydrogen-bond donors (Lipinski definition) is 0. The van der Waals surface area contributed by atoms with Crippen LogP contribution in [0.3, 0.4) is 0 Å². The van der Waals surface area contributed by atoms with Crippen LogP contribution >= 0.6 is 15.9 Å². The monoisotopic (exact) mass is 348 g/mol. The molecule has 2 aromatic heterocycles. The van der Waals surface area contributed by atoms with Crippen molar-refractivity contribution in [2.24, 2.45) is 0 Å². The molecule has 3 aromatic rings. The molecule has 0 saturated heterocycles. The van der Waals surface area contributed by atoms with E-state index in [1.54, 1.807) is 30.5 Å². The van der Waals surface area contributed by atoms with Crippen LogP contribution in [0.2, 0.25) is 0 Å². The van der Waals surface area contributed by atoms with Crippen molar-refractivity contribution in [3.63, 3.8) is 0 Å². The number of carbonyl (C=O) groups is 1. The molecule has 0 aliphatic heterocycles. The average Bonchev–Trinajstić information content (AvgIpc) is 2.87. The third kappa shape index (κ3) is 2.10. The van der Waals surface area contributed by atoms with Gasteiger partial charge in [0.1, 0.15) is 0 Å². The summed E-state index contributed by atoms with van der Waals surface area (Å²) in [6.07, 6.45) is 2.30. The maximum atomic E-state index is 12.7. The first kappa shape index (κ1) is 13.2. The summed E-state index contributed by atoms with van der Waals surface area (Å²) >= 11 is 3.41. The van der Waals surface area contributed by atoms with Crippen molar-refractivity contribution in [1.82, 2.24) is 8.96 Å². The van der Waals surface area contributed by atoms with Crippen LogP contribution in [0.5, 0.6) is 0 Å². The number of carbonyl (C=O) groups excluding carboxylic acids is 1. The van der Waals surface area contributed by atoms with Crippen molar-refractivity contribution in [2.75, 3.05) is 0 Å². The second-order valence-electron chi connectivity index (χ2n) is 4.07. The molecule has 3 rings (SSSR count). The summed E-state index contributed by atoms with van der Waals surface area (Å²) in [5.41, 5.74) is 0.852.